The van der Waals surface area contributed by atoms with Crippen molar-refractivity contribution >= 4 is 17.6 Å². The standard InChI is InChI=1S/C24H34N4O3/c29-22(26-10-2-1-3-11-26)15-21-19-8-14-28(16-18(19)17-31-21)23-20(7-6-9-25-23)24(30)27-12-4-5-13-27/h6-7,9,18-19,21H,1-5,8,10-17H2/t18-,19-,21+/m1/s1. The average molecular weight is 427 g/mol. The fourth-order valence-corrected chi connectivity index (χ4v) is 5.84. The molecule has 4 aliphatic heterocycles. The third-order valence-corrected chi connectivity index (χ3v) is 7.59. The van der Waals surface area contributed by atoms with Crippen LogP contribution in [-0.2, 0) is 9.53 Å². The van der Waals surface area contributed by atoms with Crippen LogP contribution < -0.4 is 4.90 Å². The first kappa shape index (κ1) is 20.7. The molecule has 0 aliphatic carbocycles. The fourth-order valence-electron chi connectivity index (χ4n) is 5.84. The zero-order chi connectivity index (χ0) is 21.2. The molecule has 5 rings (SSSR count). The van der Waals surface area contributed by atoms with Crippen molar-refractivity contribution < 1.29 is 14.3 Å². The van der Waals surface area contributed by atoms with Gasteiger partial charge in [-0.1, -0.05) is 0 Å². The van der Waals surface area contributed by atoms with Crippen LogP contribution >= 0.6 is 0 Å². The number of hydrogen-bond donors (Lipinski definition) is 0. The number of fused-ring (bicyclic) bond motifs is 1. The molecule has 7 nitrogen and oxygen atoms in total. The minimum atomic E-state index is 0.0380. The van der Waals surface area contributed by atoms with Gasteiger partial charge in [-0.2, -0.15) is 0 Å². The molecule has 1 aromatic heterocycles. The minimum absolute atomic E-state index is 0.0380. The topological polar surface area (TPSA) is 66.0 Å². The number of amides is 2. The molecule has 0 bridgehead atoms. The van der Waals surface area contributed by atoms with Crippen molar-refractivity contribution in [3.8, 4) is 0 Å². The number of piperidine rings is 2. The molecule has 0 radical (unpaired) electrons. The largest absolute Gasteiger partial charge is 0.377 e. The van der Waals surface area contributed by atoms with E-state index in [1.807, 2.05) is 21.9 Å². The maximum Gasteiger partial charge on any atom is 0.257 e. The van der Waals surface area contributed by atoms with Crippen molar-refractivity contribution in [1.82, 2.24) is 14.8 Å². The highest BCUT2D eigenvalue weighted by molar-refractivity contribution is 5.99. The Hall–Kier alpha value is -2.15. The third-order valence-electron chi connectivity index (χ3n) is 7.59. The molecule has 31 heavy (non-hydrogen) atoms. The van der Waals surface area contributed by atoms with Gasteiger partial charge < -0.3 is 19.4 Å². The summed E-state index contributed by atoms with van der Waals surface area (Å²) >= 11 is 0. The summed E-state index contributed by atoms with van der Waals surface area (Å²) in [7, 11) is 0. The zero-order valence-corrected chi connectivity index (χ0v) is 18.4. The van der Waals surface area contributed by atoms with E-state index in [1.165, 1.54) is 6.42 Å². The third kappa shape index (κ3) is 4.29. The van der Waals surface area contributed by atoms with E-state index in [0.29, 0.717) is 24.9 Å². The van der Waals surface area contributed by atoms with Crippen molar-refractivity contribution in [2.24, 2.45) is 11.8 Å². The van der Waals surface area contributed by atoms with Gasteiger partial charge in [-0.15, -0.1) is 0 Å². The van der Waals surface area contributed by atoms with Gasteiger partial charge in [0.25, 0.3) is 5.91 Å². The Kier molecular flexibility index (Phi) is 6.12. The highest BCUT2D eigenvalue weighted by atomic mass is 16.5. The van der Waals surface area contributed by atoms with Crippen LogP contribution in [0.5, 0.6) is 0 Å². The van der Waals surface area contributed by atoms with Crippen LogP contribution in [0.15, 0.2) is 18.3 Å². The summed E-state index contributed by atoms with van der Waals surface area (Å²) in [6.45, 7) is 5.90. The lowest BCUT2D eigenvalue weighted by molar-refractivity contribution is -0.134. The number of ether oxygens (including phenoxy) is 1. The molecule has 4 saturated heterocycles. The van der Waals surface area contributed by atoms with E-state index in [-0.39, 0.29) is 17.9 Å². The second-order valence-corrected chi connectivity index (χ2v) is 9.55. The van der Waals surface area contributed by atoms with Crippen molar-refractivity contribution in [3.63, 3.8) is 0 Å². The first-order chi connectivity index (χ1) is 15.2. The molecule has 0 saturated carbocycles. The van der Waals surface area contributed by atoms with Crippen LogP contribution in [0.25, 0.3) is 0 Å². The normalized spacial score (nSPS) is 28.6. The highest BCUT2D eigenvalue weighted by Gasteiger charge is 2.43. The Morgan fingerprint density at radius 3 is 2.55 bits per heavy atom. The number of carbonyl (C=O) groups is 2. The Bertz CT molecular complexity index is 804. The number of carbonyl (C=O) groups excluding carboxylic acids is 2. The lowest BCUT2D eigenvalue weighted by atomic mass is 9.83. The second-order valence-electron chi connectivity index (χ2n) is 9.55. The van der Waals surface area contributed by atoms with Crippen LogP contribution in [0.3, 0.4) is 0 Å². The number of nitrogens with zero attached hydrogens (tertiary/aromatic N) is 4. The van der Waals surface area contributed by atoms with E-state index < -0.39 is 0 Å². The van der Waals surface area contributed by atoms with Crippen LogP contribution in [0.1, 0.15) is 55.3 Å². The first-order valence-corrected chi connectivity index (χ1v) is 12.1. The molecule has 1 aromatic rings. The molecule has 4 aliphatic rings. The molecule has 168 valence electrons. The zero-order valence-electron chi connectivity index (χ0n) is 18.4. The van der Waals surface area contributed by atoms with Crippen molar-refractivity contribution in [1.29, 1.82) is 0 Å². The minimum Gasteiger partial charge on any atom is -0.377 e. The quantitative estimate of drug-likeness (QED) is 0.740. The number of hydrogen-bond acceptors (Lipinski definition) is 5. The van der Waals surface area contributed by atoms with Gasteiger partial charge in [0.15, 0.2) is 0 Å². The Morgan fingerprint density at radius 2 is 1.74 bits per heavy atom. The number of pyridine rings is 1. The number of rotatable bonds is 4. The number of likely N-dealkylation sites (tertiary alicyclic amines) is 2. The van der Waals surface area contributed by atoms with Crippen LogP contribution in [-0.4, -0.2) is 78.6 Å². The van der Waals surface area contributed by atoms with Crippen LogP contribution in [0.4, 0.5) is 5.82 Å². The molecule has 7 heteroatoms. The fraction of sp³-hybridized carbons (Fsp3) is 0.708. The first-order valence-electron chi connectivity index (χ1n) is 12.1. The monoisotopic (exact) mass is 426 g/mol. The predicted molar refractivity (Wildman–Crippen MR) is 118 cm³/mol. The molecule has 3 atom stereocenters. The van der Waals surface area contributed by atoms with E-state index in [1.54, 1.807) is 6.20 Å². The lowest BCUT2D eigenvalue weighted by Crippen LogP contribution is -2.44. The van der Waals surface area contributed by atoms with Gasteiger partial charge in [0.1, 0.15) is 5.82 Å². The maximum atomic E-state index is 13.1. The van der Waals surface area contributed by atoms with E-state index in [9.17, 15) is 9.59 Å². The Labute approximate surface area is 184 Å². The van der Waals surface area contributed by atoms with Crippen molar-refractivity contribution in [2.75, 3.05) is 50.8 Å². The number of aromatic nitrogens is 1. The van der Waals surface area contributed by atoms with Crippen LogP contribution in [0.2, 0.25) is 0 Å². The SMILES string of the molecule is O=C(C[C@@H]1OC[C@H]2CN(c3ncccc3C(=O)N3CCCC3)CC[C@H]21)N1CCCCC1. The van der Waals surface area contributed by atoms with Gasteiger partial charge >= 0.3 is 0 Å². The average Bonchev–Trinajstić information content (AvgIpc) is 3.49. The lowest BCUT2D eigenvalue weighted by Gasteiger charge is -2.37. The Balaban J connectivity index is 1.23. The van der Waals surface area contributed by atoms with E-state index in [0.717, 1.165) is 82.8 Å². The van der Waals surface area contributed by atoms with Crippen LogP contribution in [0, 0.1) is 11.8 Å². The summed E-state index contributed by atoms with van der Waals surface area (Å²) < 4.78 is 6.13. The van der Waals surface area contributed by atoms with Gasteiger partial charge in [0, 0.05) is 51.4 Å². The molecule has 0 aromatic carbocycles. The van der Waals surface area contributed by atoms with E-state index in [2.05, 4.69) is 9.88 Å². The van der Waals surface area contributed by atoms with Gasteiger partial charge in [-0.25, -0.2) is 4.98 Å². The van der Waals surface area contributed by atoms with E-state index in [4.69, 9.17) is 4.74 Å². The maximum absolute atomic E-state index is 13.1. The highest BCUT2D eigenvalue weighted by Crippen LogP contribution is 2.38. The molecule has 0 N–H and O–H groups in total. The predicted octanol–water partition coefficient (Wildman–Crippen LogP) is 2.56. The molecular weight excluding hydrogens is 392 g/mol. The van der Waals surface area contributed by atoms with Gasteiger partial charge in [-0.3, -0.25) is 9.59 Å². The smallest absolute Gasteiger partial charge is 0.257 e. The molecular formula is C24H34N4O3. The summed E-state index contributed by atoms with van der Waals surface area (Å²) in [4.78, 5) is 36.7. The second kappa shape index (κ2) is 9.15. The summed E-state index contributed by atoms with van der Waals surface area (Å²) in [5, 5.41) is 0. The summed E-state index contributed by atoms with van der Waals surface area (Å²) in [5.41, 5.74) is 0.721. The van der Waals surface area contributed by atoms with Gasteiger partial charge in [0.05, 0.1) is 24.7 Å². The molecule has 4 fully saturated rings. The number of anilines is 1. The molecule has 0 spiro atoms. The van der Waals surface area contributed by atoms with Crippen molar-refractivity contribution in [2.45, 2.75) is 51.0 Å². The molecule has 5 heterocycles. The van der Waals surface area contributed by atoms with E-state index >= 15 is 0 Å². The summed E-state index contributed by atoms with van der Waals surface area (Å²) in [5.74, 6) is 1.99. The van der Waals surface area contributed by atoms with Gasteiger partial charge in [-0.05, 0) is 56.6 Å². The van der Waals surface area contributed by atoms with Gasteiger partial charge in [0.2, 0.25) is 5.91 Å². The van der Waals surface area contributed by atoms with Crippen molar-refractivity contribution in [3.05, 3.63) is 23.9 Å². The molecule has 2 amide bonds. The Morgan fingerprint density at radius 1 is 1.00 bits per heavy atom. The summed E-state index contributed by atoms with van der Waals surface area (Å²) in [6.07, 6.45) is 8.98. The summed E-state index contributed by atoms with van der Waals surface area (Å²) in [6, 6.07) is 3.78. The molecule has 0 unspecified atom stereocenters.